The monoisotopic (exact) mass is 301 g/mol. The van der Waals surface area contributed by atoms with E-state index < -0.39 is 0 Å². The maximum Gasteiger partial charge on any atom is 0.250 e. The molecule has 116 valence electrons. The van der Waals surface area contributed by atoms with Crippen LogP contribution in [0.2, 0.25) is 0 Å². The molecule has 2 heterocycles. The van der Waals surface area contributed by atoms with Crippen molar-refractivity contribution >= 4 is 5.78 Å². The minimum absolute atomic E-state index is 0.0467. The summed E-state index contributed by atoms with van der Waals surface area (Å²) in [6, 6.07) is 3.16. The Morgan fingerprint density at radius 1 is 1.41 bits per heavy atom. The standard InChI is InChI=1S/C16H19N3O3/c1-9(20)11-7-12(16(11,2)3)15-17-14(18-22-15)10-5-6-13(21)19(4)8-10/h5-6,8,11-12H,7H2,1-4H3/t11-,12+/m0/s1. The molecule has 1 saturated carbocycles. The van der Waals surface area contributed by atoms with Gasteiger partial charge in [-0.05, 0) is 24.8 Å². The second-order valence-electron chi connectivity index (χ2n) is 6.60. The first kappa shape index (κ1) is 14.7. The van der Waals surface area contributed by atoms with Crippen LogP contribution >= 0.6 is 0 Å². The maximum absolute atomic E-state index is 11.6. The molecule has 1 aliphatic carbocycles. The molecule has 22 heavy (non-hydrogen) atoms. The summed E-state index contributed by atoms with van der Waals surface area (Å²) in [5, 5.41) is 4.01. The lowest BCUT2D eigenvalue weighted by molar-refractivity contribution is -0.132. The molecule has 2 aromatic heterocycles. The third-order valence-corrected chi connectivity index (χ3v) is 4.84. The van der Waals surface area contributed by atoms with Crippen LogP contribution in [-0.4, -0.2) is 20.5 Å². The number of carbonyl (C=O) groups excluding carboxylic acids is 1. The van der Waals surface area contributed by atoms with Gasteiger partial charge < -0.3 is 9.09 Å². The molecule has 0 spiro atoms. The number of nitrogens with zero attached hydrogens (tertiary/aromatic N) is 3. The van der Waals surface area contributed by atoms with Crippen molar-refractivity contribution < 1.29 is 9.32 Å². The highest BCUT2D eigenvalue weighted by Gasteiger charge is 2.53. The summed E-state index contributed by atoms with van der Waals surface area (Å²) < 4.78 is 6.87. The first-order valence-corrected chi connectivity index (χ1v) is 7.32. The minimum Gasteiger partial charge on any atom is -0.339 e. The summed E-state index contributed by atoms with van der Waals surface area (Å²) in [5.41, 5.74) is 0.480. The van der Waals surface area contributed by atoms with Crippen molar-refractivity contribution in [2.75, 3.05) is 0 Å². The number of hydrogen-bond donors (Lipinski definition) is 0. The van der Waals surface area contributed by atoms with Crippen LogP contribution in [-0.2, 0) is 11.8 Å². The van der Waals surface area contributed by atoms with E-state index in [2.05, 4.69) is 24.0 Å². The second-order valence-corrected chi connectivity index (χ2v) is 6.60. The fraction of sp³-hybridized carbons (Fsp3) is 0.500. The molecule has 1 aliphatic rings. The molecule has 0 radical (unpaired) electrons. The fourth-order valence-corrected chi connectivity index (χ4v) is 3.25. The highest BCUT2D eigenvalue weighted by Crippen LogP contribution is 2.56. The Labute approximate surface area is 128 Å². The molecule has 6 nitrogen and oxygen atoms in total. The van der Waals surface area contributed by atoms with Gasteiger partial charge >= 0.3 is 0 Å². The predicted octanol–water partition coefficient (Wildman–Crippen LogP) is 2.15. The van der Waals surface area contributed by atoms with Crippen LogP contribution in [0.25, 0.3) is 11.4 Å². The quantitative estimate of drug-likeness (QED) is 0.868. The van der Waals surface area contributed by atoms with Crippen molar-refractivity contribution in [1.82, 2.24) is 14.7 Å². The van der Waals surface area contributed by atoms with E-state index in [4.69, 9.17) is 4.52 Å². The normalized spacial score (nSPS) is 23.1. The molecule has 1 fully saturated rings. The summed E-state index contributed by atoms with van der Waals surface area (Å²) in [7, 11) is 1.68. The molecule has 0 bridgehead atoms. The van der Waals surface area contributed by atoms with Crippen LogP contribution in [0.3, 0.4) is 0 Å². The Morgan fingerprint density at radius 2 is 2.14 bits per heavy atom. The van der Waals surface area contributed by atoms with Crippen LogP contribution in [0.1, 0.15) is 39.0 Å². The van der Waals surface area contributed by atoms with E-state index in [1.807, 2.05) is 0 Å². The average molecular weight is 301 g/mol. The van der Waals surface area contributed by atoms with E-state index >= 15 is 0 Å². The summed E-state index contributed by atoms with van der Waals surface area (Å²) in [4.78, 5) is 27.5. The van der Waals surface area contributed by atoms with Gasteiger partial charge in [-0.1, -0.05) is 19.0 Å². The zero-order valence-electron chi connectivity index (χ0n) is 13.2. The lowest BCUT2D eigenvalue weighted by atomic mass is 9.53. The number of hydrogen-bond acceptors (Lipinski definition) is 5. The van der Waals surface area contributed by atoms with E-state index in [0.717, 1.165) is 12.0 Å². The van der Waals surface area contributed by atoms with Crippen LogP contribution in [0, 0.1) is 11.3 Å². The van der Waals surface area contributed by atoms with Crippen molar-refractivity contribution in [1.29, 1.82) is 0 Å². The Morgan fingerprint density at radius 3 is 2.73 bits per heavy atom. The number of aromatic nitrogens is 3. The van der Waals surface area contributed by atoms with Gasteiger partial charge in [0, 0.05) is 36.7 Å². The van der Waals surface area contributed by atoms with Crippen LogP contribution in [0.15, 0.2) is 27.6 Å². The number of carbonyl (C=O) groups is 1. The minimum atomic E-state index is -0.167. The molecular formula is C16H19N3O3. The van der Waals surface area contributed by atoms with E-state index in [-0.39, 0.29) is 28.6 Å². The molecule has 2 aromatic rings. The first-order chi connectivity index (χ1) is 10.3. The topological polar surface area (TPSA) is 78.0 Å². The summed E-state index contributed by atoms with van der Waals surface area (Å²) in [5.74, 6) is 1.37. The third-order valence-electron chi connectivity index (χ3n) is 4.84. The first-order valence-electron chi connectivity index (χ1n) is 7.32. The number of Topliss-reactive ketones (excluding diaryl/α,β-unsaturated/α-hetero) is 1. The number of aryl methyl sites for hydroxylation is 1. The number of pyridine rings is 1. The van der Waals surface area contributed by atoms with Gasteiger partial charge in [0.25, 0.3) is 0 Å². The summed E-state index contributed by atoms with van der Waals surface area (Å²) in [6.45, 7) is 5.75. The van der Waals surface area contributed by atoms with E-state index in [0.29, 0.717) is 11.7 Å². The Bertz CT molecular complexity index is 788. The van der Waals surface area contributed by atoms with Crippen molar-refractivity contribution in [3.63, 3.8) is 0 Å². The molecule has 2 atom stereocenters. The lowest BCUT2D eigenvalue weighted by Crippen LogP contribution is -2.46. The number of ketones is 1. The molecule has 0 saturated heterocycles. The second kappa shape index (κ2) is 4.90. The summed E-state index contributed by atoms with van der Waals surface area (Å²) >= 11 is 0. The highest BCUT2D eigenvalue weighted by molar-refractivity contribution is 5.80. The van der Waals surface area contributed by atoms with Gasteiger partial charge in [0.05, 0.1) is 0 Å². The van der Waals surface area contributed by atoms with Crippen molar-refractivity contribution in [3.8, 4) is 11.4 Å². The third kappa shape index (κ3) is 2.19. The Kier molecular flexibility index (Phi) is 3.27. The smallest absolute Gasteiger partial charge is 0.250 e. The van der Waals surface area contributed by atoms with E-state index in [1.54, 1.807) is 26.2 Å². The zero-order valence-corrected chi connectivity index (χ0v) is 13.2. The molecule has 0 aliphatic heterocycles. The van der Waals surface area contributed by atoms with Gasteiger partial charge in [-0.2, -0.15) is 4.98 Å². The molecule has 0 aromatic carbocycles. The molecule has 0 amide bonds. The molecular weight excluding hydrogens is 282 g/mol. The van der Waals surface area contributed by atoms with Gasteiger partial charge in [-0.25, -0.2) is 0 Å². The van der Waals surface area contributed by atoms with Crippen LogP contribution in [0.5, 0.6) is 0 Å². The van der Waals surface area contributed by atoms with Crippen molar-refractivity contribution in [2.45, 2.75) is 33.1 Å². The van der Waals surface area contributed by atoms with E-state index in [1.165, 1.54) is 10.6 Å². The SMILES string of the molecule is CC(=O)[C@@H]1C[C@H](c2nc(-c3ccc(=O)n(C)c3)no2)C1(C)C. The molecule has 3 rings (SSSR count). The van der Waals surface area contributed by atoms with Gasteiger partial charge in [-0.3, -0.25) is 9.59 Å². The van der Waals surface area contributed by atoms with E-state index in [9.17, 15) is 9.59 Å². The zero-order chi connectivity index (χ0) is 16.1. The highest BCUT2D eigenvalue weighted by atomic mass is 16.5. The van der Waals surface area contributed by atoms with Crippen molar-refractivity contribution in [2.24, 2.45) is 18.4 Å². The summed E-state index contributed by atoms with van der Waals surface area (Å²) in [6.07, 6.45) is 2.43. The van der Waals surface area contributed by atoms with Gasteiger partial charge in [-0.15, -0.1) is 0 Å². The molecule has 6 heteroatoms. The number of rotatable bonds is 3. The lowest BCUT2D eigenvalue weighted by Gasteiger charge is -2.49. The molecule has 0 N–H and O–H groups in total. The van der Waals surface area contributed by atoms with Gasteiger partial charge in [0.2, 0.25) is 17.3 Å². The average Bonchev–Trinajstić information content (AvgIpc) is 2.89. The fourth-order valence-electron chi connectivity index (χ4n) is 3.25. The predicted molar refractivity (Wildman–Crippen MR) is 80.3 cm³/mol. The Balaban J connectivity index is 1.87. The Hall–Kier alpha value is -2.24. The maximum atomic E-state index is 11.6. The van der Waals surface area contributed by atoms with Crippen LogP contribution < -0.4 is 5.56 Å². The van der Waals surface area contributed by atoms with Crippen LogP contribution in [0.4, 0.5) is 0 Å². The largest absolute Gasteiger partial charge is 0.339 e. The van der Waals surface area contributed by atoms with Gasteiger partial charge in [0.15, 0.2) is 0 Å². The van der Waals surface area contributed by atoms with Gasteiger partial charge in [0.1, 0.15) is 5.78 Å². The molecule has 0 unspecified atom stereocenters. The van der Waals surface area contributed by atoms with Crippen molar-refractivity contribution in [3.05, 3.63) is 34.6 Å².